The quantitative estimate of drug-likeness (QED) is 0.261. The van der Waals surface area contributed by atoms with Gasteiger partial charge in [0.1, 0.15) is 29.1 Å². The number of piperidine rings is 1. The number of pyridine rings is 1. The summed E-state index contributed by atoms with van der Waals surface area (Å²) in [7, 11) is -6.22. The second-order valence-electron chi connectivity index (χ2n) is 10.8. The van der Waals surface area contributed by atoms with Gasteiger partial charge in [0.25, 0.3) is 0 Å². The van der Waals surface area contributed by atoms with Gasteiger partial charge in [-0.2, -0.15) is 4.31 Å². The summed E-state index contributed by atoms with van der Waals surface area (Å²) < 4.78 is 66.2. The van der Waals surface area contributed by atoms with Crippen molar-refractivity contribution in [1.82, 2.24) is 19.3 Å². The van der Waals surface area contributed by atoms with E-state index in [-0.39, 0.29) is 47.8 Å². The third-order valence-electron chi connectivity index (χ3n) is 7.97. The Morgan fingerprint density at radius 2 is 1.90 bits per heavy atom. The zero-order valence-electron chi connectivity index (χ0n) is 23.5. The maximum atomic E-state index is 13.4. The molecule has 0 saturated carbocycles. The lowest BCUT2D eigenvalue weighted by molar-refractivity contribution is -0.0312. The van der Waals surface area contributed by atoms with Crippen molar-refractivity contribution in [3.05, 3.63) is 54.2 Å². The van der Waals surface area contributed by atoms with Crippen LogP contribution >= 0.6 is 0 Å². The Morgan fingerprint density at radius 3 is 2.64 bits per heavy atom. The number of aliphatic hydroxyl groups excluding tert-OH is 1. The van der Waals surface area contributed by atoms with Gasteiger partial charge in [0.2, 0.25) is 20.0 Å². The van der Waals surface area contributed by atoms with Gasteiger partial charge in [-0.1, -0.05) is 18.2 Å². The van der Waals surface area contributed by atoms with E-state index in [4.69, 9.17) is 9.47 Å². The predicted molar refractivity (Wildman–Crippen MR) is 155 cm³/mol. The monoisotopic (exact) mass is 620 g/mol. The van der Waals surface area contributed by atoms with E-state index in [1.165, 1.54) is 29.7 Å². The van der Waals surface area contributed by atoms with Crippen LogP contribution in [-0.4, -0.2) is 94.0 Å². The maximum absolute atomic E-state index is 13.4. The van der Waals surface area contributed by atoms with Crippen LogP contribution in [-0.2, 0) is 24.8 Å². The van der Waals surface area contributed by atoms with Crippen molar-refractivity contribution in [3.8, 4) is 11.5 Å². The van der Waals surface area contributed by atoms with E-state index in [1.54, 1.807) is 24.3 Å². The van der Waals surface area contributed by atoms with Gasteiger partial charge in [0.15, 0.2) is 0 Å². The number of aryl methyl sites for hydroxylation is 1. The minimum atomic E-state index is -3.95. The van der Waals surface area contributed by atoms with Crippen molar-refractivity contribution in [1.29, 1.82) is 0 Å². The van der Waals surface area contributed by atoms with Crippen LogP contribution in [0.3, 0.4) is 0 Å². The Bertz CT molecular complexity index is 1660. The molecule has 1 aromatic heterocycles. The first kappa shape index (κ1) is 30.6. The lowest BCUT2D eigenvalue weighted by Gasteiger charge is -2.38. The summed E-state index contributed by atoms with van der Waals surface area (Å²) in [6.07, 6.45) is 2.06. The Kier molecular flexibility index (Phi) is 8.77. The fourth-order valence-electron chi connectivity index (χ4n) is 5.53. The largest absolute Gasteiger partial charge is 0.506 e. The summed E-state index contributed by atoms with van der Waals surface area (Å²) in [5.74, 6) is 0.0433. The molecular weight excluding hydrogens is 584 g/mol. The molecule has 5 rings (SSSR count). The molecule has 2 atom stereocenters. The van der Waals surface area contributed by atoms with Gasteiger partial charge in [0, 0.05) is 37.1 Å². The molecule has 3 heterocycles. The molecule has 3 aromatic rings. The van der Waals surface area contributed by atoms with E-state index >= 15 is 0 Å². The minimum Gasteiger partial charge on any atom is -0.506 e. The lowest BCUT2D eigenvalue weighted by atomic mass is 9.88. The smallest absolute Gasteiger partial charge is 0.248 e. The fraction of sp³-hybridized carbons (Fsp3) is 0.464. The van der Waals surface area contributed by atoms with E-state index in [9.17, 15) is 27.0 Å². The molecule has 2 aromatic carbocycles. The molecule has 12 nitrogen and oxygen atoms in total. The number of hydrogen-bond donors (Lipinski definition) is 4. The highest BCUT2D eigenvalue weighted by molar-refractivity contribution is 7.89. The van der Waals surface area contributed by atoms with Gasteiger partial charge in [-0.05, 0) is 57.0 Å². The van der Waals surface area contributed by atoms with Gasteiger partial charge in [-0.15, -0.1) is 0 Å². The molecule has 1 spiro atoms. The van der Waals surface area contributed by atoms with Crippen LogP contribution in [0.15, 0.2) is 58.5 Å². The zero-order valence-corrected chi connectivity index (χ0v) is 25.1. The average Bonchev–Trinajstić information content (AvgIpc) is 3.37. The van der Waals surface area contributed by atoms with E-state index in [1.807, 2.05) is 13.0 Å². The van der Waals surface area contributed by atoms with E-state index in [2.05, 4.69) is 15.0 Å². The van der Waals surface area contributed by atoms with E-state index < -0.39 is 31.8 Å². The average molecular weight is 621 g/mol. The Morgan fingerprint density at radius 1 is 1.17 bits per heavy atom. The fourth-order valence-corrected chi connectivity index (χ4v) is 7.77. The number of sulfonamides is 2. The van der Waals surface area contributed by atoms with E-state index in [0.29, 0.717) is 42.5 Å². The summed E-state index contributed by atoms with van der Waals surface area (Å²) in [6, 6.07) is 11.3. The summed E-state index contributed by atoms with van der Waals surface area (Å²) in [5.41, 5.74) is 0.946. The van der Waals surface area contributed by atoms with Crippen molar-refractivity contribution in [3.63, 3.8) is 0 Å². The Hall–Kier alpha value is -2.85. The number of hydrogen-bond acceptors (Lipinski definition) is 10. The molecular formula is C28H36N4O8S2. The highest BCUT2D eigenvalue weighted by atomic mass is 32.2. The number of nitrogens with one attached hydrogen (secondary N) is 2. The molecule has 2 saturated heterocycles. The van der Waals surface area contributed by atoms with Crippen LogP contribution < -0.4 is 14.8 Å². The standard InChI is InChI=1S/C28H36N4O8S2/c1-19-5-3-8-24-26(19)31-16-25(27(24)34)42(37,38)32-11-9-28(10-12-32)14-20(17-40-28)30-15-21(33)18-39-22-6-4-7-23(13-22)41(35,36)29-2/h3-8,13,16,20-21,29-30,33H,9-12,14-15,17-18H2,1-2H3,(H,31,34)/t20-,21+/m1/s1. The summed E-state index contributed by atoms with van der Waals surface area (Å²) in [4.78, 5) is 4.18. The van der Waals surface area contributed by atoms with Gasteiger partial charge >= 0.3 is 0 Å². The summed E-state index contributed by atoms with van der Waals surface area (Å²) in [5, 5.41) is 24.9. The molecule has 4 N–H and O–H groups in total. The van der Waals surface area contributed by atoms with Gasteiger partial charge in [-0.25, -0.2) is 21.6 Å². The normalized spacial score (nSPS) is 20.2. The molecule has 0 amide bonds. The highest BCUT2D eigenvalue weighted by Gasteiger charge is 2.45. The summed E-state index contributed by atoms with van der Waals surface area (Å²) >= 11 is 0. The third kappa shape index (κ3) is 6.25. The second-order valence-corrected chi connectivity index (χ2v) is 14.6. The minimum absolute atomic E-state index is 0.0242. The number of nitrogens with zero attached hydrogens (tertiary/aromatic N) is 2. The van der Waals surface area contributed by atoms with Crippen molar-refractivity contribution in [2.45, 2.75) is 53.7 Å². The number of rotatable bonds is 10. The number of fused-ring (bicyclic) bond motifs is 1. The van der Waals surface area contributed by atoms with Crippen molar-refractivity contribution in [2.75, 3.05) is 39.9 Å². The number of para-hydroxylation sites is 1. The van der Waals surface area contributed by atoms with E-state index in [0.717, 1.165) is 5.56 Å². The van der Waals surface area contributed by atoms with Crippen LogP contribution in [0.25, 0.3) is 10.9 Å². The molecule has 0 radical (unpaired) electrons. The van der Waals surface area contributed by atoms with Crippen LogP contribution in [0.5, 0.6) is 11.5 Å². The highest BCUT2D eigenvalue weighted by Crippen LogP contribution is 2.39. The lowest BCUT2D eigenvalue weighted by Crippen LogP contribution is -2.47. The van der Waals surface area contributed by atoms with Crippen LogP contribution in [0.4, 0.5) is 0 Å². The molecule has 0 unspecified atom stereocenters. The molecule has 2 fully saturated rings. The topological polar surface area (TPSA) is 167 Å². The molecule has 2 aliphatic rings. The van der Waals surface area contributed by atoms with Crippen LogP contribution in [0, 0.1) is 6.92 Å². The number of aromatic nitrogens is 1. The first-order valence-electron chi connectivity index (χ1n) is 13.7. The van der Waals surface area contributed by atoms with Crippen molar-refractivity contribution < 1.29 is 36.5 Å². The molecule has 228 valence electrons. The molecule has 14 heteroatoms. The van der Waals surface area contributed by atoms with Crippen molar-refractivity contribution in [2.24, 2.45) is 0 Å². The predicted octanol–water partition coefficient (Wildman–Crippen LogP) is 1.50. The molecule has 0 bridgehead atoms. The first-order chi connectivity index (χ1) is 19.9. The number of aromatic hydroxyl groups is 1. The maximum Gasteiger partial charge on any atom is 0.248 e. The SMILES string of the molecule is CNS(=O)(=O)c1cccc(OC[C@@H](O)CN[C@H]2COC3(CCN(S(=O)(=O)c4cnc5c(C)cccc5c4O)CC3)C2)c1. The Balaban J connectivity index is 1.12. The zero-order chi connectivity index (χ0) is 30.1. The van der Waals surface area contributed by atoms with Crippen LogP contribution in [0.1, 0.15) is 24.8 Å². The van der Waals surface area contributed by atoms with Gasteiger partial charge < -0.3 is 25.0 Å². The number of benzene rings is 2. The molecule has 2 aliphatic heterocycles. The van der Waals surface area contributed by atoms with Crippen LogP contribution in [0.2, 0.25) is 0 Å². The second kappa shape index (κ2) is 12.0. The first-order valence-corrected chi connectivity index (χ1v) is 16.7. The Labute approximate surface area is 245 Å². The van der Waals surface area contributed by atoms with Gasteiger partial charge in [-0.3, -0.25) is 4.98 Å². The molecule has 42 heavy (non-hydrogen) atoms. The summed E-state index contributed by atoms with van der Waals surface area (Å²) in [6.45, 7) is 2.99. The molecule has 0 aliphatic carbocycles. The van der Waals surface area contributed by atoms with Gasteiger partial charge in [0.05, 0.1) is 28.8 Å². The van der Waals surface area contributed by atoms with Crippen molar-refractivity contribution >= 4 is 30.9 Å². The number of ether oxygens (including phenoxy) is 2. The number of aliphatic hydroxyl groups is 1. The third-order valence-corrected chi connectivity index (χ3v) is 11.3.